The van der Waals surface area contributed by atoms with E-state index in [0.717, 1.165) is 58.1 Å². The number of hydrogen-bond donors (Lipinski definition) is 4. The van der Waals surface area contributed by atoms with E-state index >= 15 is 0 Å². The van der Waals surface area contributed by atoms with Gasteiger partial charge in [0.05, 0.1) is 16.8 Å². The van der Waals surface area contributed by atoms with Crippen LogP contribution in [0, 0.1) is 0 Å². The molecule has 7 nitrogen and oxygen atoms in total. The molecule has 9 heteroatoms. The number of pyridine rings is 2. The first-order valence-corrected chi connectivity index (χ1v) is 12.8. The number of rotatable bonds is 8. The Morgan fingerprint density at radius 1 is 0.700 bits per heavy atom. The Bertz CT molecular complexity index is 1570. The summed E-state index contributed by atoms with van der Waals surface area (Å²) >= 11 is 0. The highest BCUT2D eigenvalue weighted by molar-refractivity contribution is 6.04. The minimum absolute atomic E-state index is 0. The van der Waals surface area contributed by atoms with Gasteiger partial charge in [-0.1, -0.05) is 0 Å². The maximum Gasteiger partial charge on any atom is 0.255 e. The van der Waals surface area contributed by atoms with Crippen molar-refractivity contribution in [3.63, 3.8) is 0 Å². The number of carbonyl (C=O) groups excluding carboxylic acids is 1. The van der Waals surface area contributed by atoms with Crippen molar-refractivity contribution < 1.29 is 47.9 Å². The molecule has 0 saturated heterocycles. The van der Waals surface area contributed by atoms with Crippen LogP contribution in [-0.2, 0) is 13.1 Å². The third-order valence-electron chi connectivity index (χ3n) is 6.50. The Hall–Kier alpha value is -3.95. The Labute approximate surface area is 255 Å². The lowest BCUT2D eigenvalue weighted by Crippen LogP contribution is -3.00. The number of aromatic nitrogens is 2. The lowest BCUT2D eigenvalue weighted by Gasteiger charge is -2.11. The molecule has 206 valence electrons. The van der Waals surface area contributed by atoms with Gasteiger partial charge in [-0.15, -0.1) is 0 Å². The van der Waals surface area contributed by atoms with Gasteiger partial charge in [-0.05, 0) is 74.5 Å². The Kier molecular flexibility index (Phi) is 10.6. The maximum absolute atomic E-state index is 12.8. The van der Waals surface area contributed by atoms with Crippen LogP contribution in [-0.4, -0.2) is 5.91 Å². The molecule has 0 spiro atoms. The summed E-state index contributed by atoms with van der Waals surface area (Å²) in [6, 6.07) is 27.2. The number of aryl methyl sites for hydroxylation is 2. The standard InChI is InChI=1S/C31H30N6O.2BrH/c1-3-36-18-15-27(16-19-36)33-24-10-12-26(13-11-24)35-31(38)22-5-8-25(9-6-22)34-29-17-20-37(4-2)30-14-7-23(32)21-28(29)30;;/h5-21H,3-4,32H2,1-2H3,(H,35,38);2*1H. The van der Waals surface area contributed by atoms with Gasteiger partial charge in [0.15, 0.2) is 18.6 Å². The van der Waals surface area contributed by atoms with Gasteiger partial charge in [-0.25, -0.2) is 4.57 Å². The topological polar surface area (TPSA) is 86.9 Å². The quantitative estimate of drug-likeness (QED) is 0.137. The second-order valence-electron chi connectivity index (χ2n) is 9.07. The summed E-state index contributed by atoms with van der Waals surface area (Å²) in [5.41, 5.74) is 13.0. The van der Waals surface area contributed by atoms with Crippen LogP contribution in [0.5, 0.6) is 0 Å². The molecule has 5 rings (SSSR count). The molecule has 0 bridgehead atoms. The number of nitrogen functional groups attached to an aromatic ring is 1. The molecule has 2 aromatic heterocycles. The van der Waals surface area contributed by atoms with Gasteiger partial charge in [-0.2, -0.15) is 4.57 Å². The summed E-state index contributed by atoms with van der Waals surface area (Å²) < 4.78 is 4.28. The molecule has 0 atom stereocenters. The predicted octanol–water partition coefficient (Wildman–Crippen LogP) is -0.216. The number of hydrogen-bond acceptors (Lipinski definition) is 4. The minimum Gasteiger partial charge on any atom is -1.00 e. The SMILES string of the molecule is CC[n+]1ccc(Nc2ccc(NC(=O)c3ccc(Nc4cc[n+](CC)c5ccc(N)cc45)cc3)cc2)cc1.[Br-].[Br-]. The molecule has 3 aromatic carbocycles. The maximum atomic E-state index is 12.8. The van der Waals surface area contributed by atoms with E-state index in [1.165, 1.54) is 0 Å². The second kappa shape index (κ2) is 13.9. The van der Waals surface area contributed by atoms with E-state index < -0.39 is 0 Å². The molecular formula is C31H32Br2N6O. The molecule has 5 N–H and O–H groups in total. The van der Waals surface area contributed by atoms with Gasteiger partial charge in [0.2, 0.25) is 5.52 Å². The molecule has 0 aliphatic rings. The number of amides is 1. The Balaban J connectivity index is 0.00000220. The molecule has 40 heavy (non-hydrogen) atoms. The average Bonchev–Trinajstić information content (AvgIpc) is 2.95. The van der Waals surface area contributed by atoms with Crippen molar-refractivity contribution >= 4 is 50.9 Å². The van der Waals surface area contributed by atoms with Gasteiger partial charge in [0.25, 0.3) is 5.91 Å². The number of nitrogens with zero attached hydrogens (tertiary/aromatic N) is 2. The van der Waals surface area contributed by atoms with Gasteiger partial charge in [-0.3, -0.25) is 4.79 Å². The van der Waals surface area contributed by atoms with E-state index in [9.17, 15) is 4.79 Å². The van der Waals surface area contributed by atoms with Crippen molar-refractivity contribution in [3.8, 4) is 0 Å². The summed E-state index contributed by atoms with van der Waals surface area (Å²) in [5.74, 6) is -0.161. The molecule has 0 saturated carbocycles. The Morgan fingerprint density at radius 3 is 1.95 bits per heavy atom. The fraction of sp³-hybridized carbons (Fsp3) is 0.129. The van der Waals surface area contributed by atoms with E-state index in [1.807, 2.05) is 97.3 Å². The summed E-state index contributed by atoms with van der Waals surface area (Å²) in [5, 5.41) is 10.9. The van der Waals surface area contributed by atoms with Crippen molar-refractivity contribution in [1.29, 1.82) is 0 Å². The molecule has 2 heterocycles. The van der Waals surface area contributed by atoms with Crippen molar-refractivity contribution in [2.24, 2.45) is 0 Å². The molecule has 5 aromatic rings. The zero-order chi connectivity index (χ0) is 26.5. The number of nitrogens with two attached hydrogens (primary N) is 1. The normalized spacial score (nSPS) is 10.2. The molecule has 0 fully saturated rings. The monoisotopic (exact) mass is 662 g/mol. The summed E-state index contributed by atoms with van der Waals surface area (Å²) in [7, 11) is 0. The van der Waals surface area contributed by atoms with E-state index in [0.29, 0.717) is 5.56 Å². The fourth-order valence-corrected chi connectivity index (χ4v) is 4.36. The predicted molar refractivity (Wildman–Crippen MR) is 154 cm³/mol. The minimum atomic E-state index is -0.161. The first-order valence-electron chi connectivity index (χ1n) is 12.8. The average molecular weight is 664 g/mol. The van der Waals surface area contributed by atoms with Crippen LogP contribution in [0.15, 0.2) is 104 Å². The molecule has 0 unspecified atom stereocenters. The molecule has 1 amide bonds. The summed E-state index contributed by atoms with van der Waals surface area (Å²) in [4.78, 5) is 12.8. The van der Waals surface area contributed by atoms with Crippen LogP contribution in [0.4, 0.5) is 34.1 Å². The van der Waals surface area contributed by atoms with Gasteiger partial charge < -0.3 is 55.6 Å². The lowest BCUT2D eigenvalue weighted by molar-refractivity contribution is -0.693. The highest BCUT2D eigenvalue weighted by Gasteiger charge is 2.13. The van der Waals surface area contributed by atoms with Gasteiger partial charge >= 0.3 is 0 Å². The third-order valence-corrected chi connectivity index (χ3v) is 6.50. The Morgan fingerprint density at radius 2 is 1.30 bits per heavy atom. The number of nitrogens with one attached hydrogen (secondary N) is 3. The van der Waals surface area contributed by atoms with E-state index in [2.05, 4.69) is 45.1 Å². The van der Waals surface area contributed by atoms with Crippen LogP contribution in [0.1, 0.15) is 24.2 Å². The van der Waals surface area contributed by atoms with E-state index in [4.69, 9.17) is 5.73 Å². The second-order valence-corrected chi connectivity index (χ2v) is 9.07. The smallest absolute Gasteiger partial charge is 0.255 e. The van der Waals surface area contributed by atoms with Crippen molar-refractivity contribution in [1.82, 2.24) is 0 Å². The van der Waals surface area contributed by atoms with Crippen molar-refractivity contribution in [2.75, 3.05) is 21.7 Å². The van der Waals surface area contributed by atoms with Crippen molar-refractivity contribution in [3.05, 3.63) is 109 Å². The van der Waals surface area contributed by atoms with Crippen LogP contribution < -0.4 is 64.8 Å². The summed E-state index contributed by atoms with van der Waals surface area (Å²) in [6.45, 7) is 6.03. The number of anilines is 6. The summed E-state index contributed by atoms with van der Waals surface area (Å²) in [6.07, 6.45) is 6.14. The highest BCUT2D eigenvalue weighted by atomic mass is 79.9. The van der Waals surface area contributed by atoms with Gasteiger partial charge in [0, 0.05) is 52.6 Å². The zero-order valence-electron chi connectivity index (χ0n) is 22.4. The molecule has 0 radical (unpaired) electrons. The van der Waals surface area contributed by atoms with Crippen LogP contribution in [0.2, 0.25) is 0 Å². The van der Waals surface area contributed by atoms with Crippen molar-refractivity contribution in [2.45, 2.75) is 26.9 Å². The molecule has 0 aliphatic heterocycles. The molecular weight excluding hydrogens is 632 g/mol. The fourth-order valence-electron chi connectivity index (χ4n) is 4.36. The first kappa shape index (κ1) is 30.6. The number of fused-ring (bicyclic) bond motifs is 1. The van der Waals surface area contributed by atoms with E-state index in [-0.39, 0.29) is 39.9 Å². The van der Waals surface area contributed by atoms with Crippen LogP contribution in [0.3, 0.4) is 0 Å². The number of benzene rings is 3. The third kappa shape index (κ3) is 7.16. The largest absolute Gasteiger partial charge is 1.00 e. The van der Waals surface area contributed by atoms with Crippen LogP contribution in [0.25, 0.3) is 10.9 Å². The molecule has 0 aliphatic carbocycles. The number of carbonyl (C=O) groups is 1. The van der Waals surface area contributed by atoms with Crippen LogP contribution >= 0.6 is 0 Å². The first-order chi connectivity index (χ1) is 18.5. The highest BCUT2D eigenvalue weighted by Crippen LogP contribution is 2.26. The zero-order valence-corrected chi connectivity index (χ0v) is 25.5. The number of halogens is 2. The lowest BCUT2D eigenvalue weighted by atomic mass is 10.1. The van der Waals surface area contributed by atoms with E-state index in [1.54, 1.807) is 0 Å². The van der Waals surface area contributed by atoms with Gasteiger partial charge in [0.1, 0.15) is 13.1 Å².